The summed E-state index contributed by atoms with van der Waals surface area (Å²) >= 11 is 0. The summed E-state index contributed by atoms with van der Waals surface area (Å²) in [7, 11) is -3.59. The van der Waals surface area contributed by atoms with E-state index in [0.717, 1.165) is 31.3 Å². The fourth-order valence-corrected chi connectivity index (χ4v) is 4.45. The van der Waals surface area contributed by atoms with Crippen LogP contribution in [0.4, 0.5) is 0 Å². The lowest BCUT2D eigenvalue weighted by molar-refractivity contribution is -0.104. The quantitative estimate of drug-likeness (QED) is 0.264. The van der Waals surface area contributed by atoms with Crippen molar-refractivity contribution in [2.75, 3.05) is 6.61 Å². The van der Waals surface area contributed by atoms with E-state index in [1.165, 1.54) is 0 Å². The zero-order valence-corrected chi connectivity index (χ0v) is 20.6. The van der Waals surface area contributed by atoms with E-state index >= 15 is 0 Å². The lowest BCUT2D eigenvalue weighted by Crippen LogP contribution is -2.45. The van der Waals surface area contributed by atoms with Crippen molar-refractivity contribution in [1.82, 2.24) is 0 Å². The fourth-order valence-electron chi connectivity index (χ4n) is 2.00. The maximum absolute atomic E-state index is 10.8. The molecule has 148 valence electrons. The molecule has 25 heavy (non-hydrogen) atoms. The molecule has 0 rings (SSSR count). The molecule has 0 spiro atoms. The van der Waals surface area contributed by atoms with Crippen LogP contribution in [0, 0.1) is 0 Å². The van der Waals surface area contributed by atoms with E-state index in [1.54, 1.807) is 6.08 Å². The second-order valence-electron chi connectivity index (χ2n) is 10.3. The first-order valence-corrected chi connectivity index (χ1v) is 15.3. The van der Waals surface area contributed by atoms with Gasteiger partial charge in [-0.3, -0.25) is 4.79 Å². The van der Waals surface area contributed by atoms with Gasteiger partial charge in [0.2, 0.25) is 0 Å². The Labute approximate surface area is 158 Å². The molecule has 0 aromatic rings. The van der Waals surface area contributed by atoms with Crippen LogP contribution in [-0.2, 0) is 13.6 Å². The predicted octanol–water partition coefficient (Wildman–Crippen LogP) is 6.32. The summed E-state index contributed by atoms with van der Waals surface area (Å²) in [6.07, 6.45) is 4.30. The fraction of sp³-hybridized carbons (Fsp3) is 0.850. The van der Waals surface area contributed by atoms with Gasteiger partial charge >= 0.3 is 0 Å². The minimum atomic E-state index is -1.85. The van der Waals surface area contributed by atoms with Crippen LogP contribution in [0.1, 0.15) is 61.3 Å². The predicted molar refractivity (Wildman–Crippen MR) is 114 cm³/mol. The van der Waals surface area contributed by atoms with Crippen LogP contribution in [0.25, 0.3) is 0 Å². The van der Waals surface area contributed by atoms with E-state index in [9.17, 15) is 4.79 Å². The third kappa shape index (κ3) is 8.33. The molecule has 0 fully saturated rings. The number of aldehydes is 1. The third-order valence-electron chi connectivity index (χ3n) is 5.88. The van der Waals surface area contributed by atoms with E-state index < -0.39 is 16.6 Å². The van der Waals surface area contributed by atoms with Crippen molar-refractivity contribution in [2.24, 2.45) is 0 Å². The van der Waals surface area contributed by atoms with Crippen molar-refractivity contribution < 1.29 is 13.6 Å². The molecule has 0 aromatic carbocycles. The monoisotopic (exact) mass is 386 g/mol. The normalized spacial score (nSPS) is 16.0. The van der Waals surface area contributed by atoms with Gasteiger partial charge in [0.15, 0.2) is 16.6 Å². The highest BCUT2D eigenvalue weighted by molar-refractivity contribution is 6.74. The van der Waals surface area contributed by atoms with Crippen molar-refractivity contribution in [3.05, 3.63) is 11.6 Å². The van der Waals surface area contributed by atoms with Crippen LogP contribution in [0.15, 0.2) is 11.6 Å². The molecule has 0 aliphatic carbocycles. The summed E-state index contributed by atoms with van der Waals surface area (Å²) in [6.45, 7) is 25.4. The van der Waals surface area contributed by atoms with Crippen molar-refractivity contribution >= 4 is 22.9 Å². The molecule has 0 aliphatic heterocycles. The summed E-state index contributed by atoms with van der Waals surface area (Å²) < 4.78 is 13.0. The Morgan fingerprint density at radius 1 is 0.960 bits per heavy atom. The molecule has 0 unspecified atom stereocenters. The topological polar surface area (TPSA) is 35.5 Å². The molecule has 0 bridgehead atoms. The first-order chi connectivity index (χ1) is 11.0. The van der Waals surface area contributed by atoms with Crippen LogP contribution >= 0.6 is 0 Å². The standard InChI is InChI=1S/C20H42O3Si2/c1-17(12-14-21)16-18(23-25(10,11)20(5,6)7)13-15-22-24(8,9)19(2,3)4/h12,14,18H,13,15-16H2,1-11H3/b17-12+/t18-/m1/s1. The molecule has 0 aromatic heterocycles. The molecule has 3 nitrogen and oxygen atoms in total. The van der Waals surface area contributed by atoms with E-state index in [0.29, 0.717) is 0 Å². The second kappa shape index (κ2) is 9.11. The largest absolute Gasteiger partial charge is 0.417 e. The van der Waals surface area contributed by atoms with Gasteiger partial charge in [0.05, 0.1) is 6.10 Å². The molecule has 0 aliphatic rings. The highest BCUT2D eigenvalue weighted by Crippen LogP contribution is 2.39. The Balaban J connectivity index is 5.04. The van der Waals surface area contributed by atoms with Crippen LogP contribution in [0.3, 0.4) is 0 Å². The zero-order chi connectivity index (χ0) is 20.1. The van der Waals surface area contributed by atoms with E-state index in [2.05, 4.69) is 67.7 Å². The molecule has 0 amide bonds. The highest BCUT2D eigenvalue weighted by atomic mass is 28.4. The molecule has 0 saturated heterocycles. The van der Waals surface area contributed by atoms with E-state index in [-0.39, 0.29) is 16.2 Å². The Bertz CT molecular complexity index is 455. The first kappa shape index (κ1) is 24.8. The first-order valence-electron chi connectivity index (χ1n) is 9.46. The van der Waals surface area contributed by atoms with Crippen molar-refractivity contribution in [3.63, 3.8) is 0 Å². The average Bonchev–Trinajstić information content (AvgIpc) is 2.35. The molecule has 0 heterocycles. The molecule has 5 heteroatoms. The van der Waals surface area contributed by atoms with E-state index in [4.69, 9.17) is 8.85 Å². The summed E-state index contributed by atoms with van der Waals surface area (Å²) in [5.74, 6) is 0. The van der Waals surface area contributed by atoms with Gasteiger partial charge in [-0.1, -0.05) is 47.1 Å². The van der Waals surface area contributed by atoms with Gasteiger partial charge in [0.25, 0.3) is 0 Å². The smallest absolute Gasteiger partial charge is 0.192 e. The minimum Gasteiger partial charge on any atom is -0.417 e. The van der Waals surface area contributed by atoms with Gasteiger partial charge in [-0.2, -0.15) is 0 Å². The molecule has 1 atom stereocenters. The molecule has 0 N–H and O–H groups in total. The lowest BCUT2D eigenvalue weighted by Gasteiger charge is -2.40. The Kier molecular flexibility index (Phi) is 9.02. The van der Waals surface area contributed by atoms with Crippen LogP contribution in [0.5, 0.6) is 0 Å². The van der Waals surface area contributed by atoms with Gasteiger partial charge < -0.3 is 8.85 Å². The number of hydrogen-bond donors (Lipinski definition) is 0. The van der Waals surface area contributed by atoms with Gasteiger partial charge in [0, 0.05) is 6.61 Å². The number of carbonyl (C=O) groups is 1. The molecular formula is C20H42O3Si2. The molecule has 0 radical (unpaired) electrons. The Morgan fingerprint density at radius 2 is 1.44 bits per heavy atom. The maximum Gasteiger partial charge on any atom is 0.192 e. The summed E-state index contributed by atoms with van der Waals surface area (Å²) in [4.78, 5) is 10.8. The molecular weight excluding hydrogens is 344 g/mol. The number of hydrogen-bond acceptors (Lipinski definition) is 3. The minimum absolute atomic E-state index is 0.113. The van der Waals surface area contributed by atoms with Crippen LogP contribution in [0.2, 0.25) is 36.3 Å². The average molecular weight is 387 g/mol. The molecule has 0 saturated carbocycles. The number of allylic oxidation sites excluding steroid dienone is 1. The van der Waals surface area contributed by atoms with Crippen LogP contribution < -0.4 is 0 Å². The van der Waals surface area contributed by atoms with Gasteiger partial charge in [0.1, 0.15) is 6.29 Å². The summed E-state index contributed by atoms with van der Waals surface area (Å²) in [5.41, 5.74) is 1.08. The van der Waals surface area contributed by atoms with E-state index in [1.807, 2.05) is 6.92 Å². The van der Waals surface area contributed by atoms with Crippen molar-refractivity contribution in [2.45, 2.75) is 104 Å². The van der Waals surface area contributed by atoms with Crippen LogP contribution in [-0.4, -0.2) is 35.6 Å². The Hall–Kier alpha value is -0.236. The van der Waals surface area contributed by atoms with Gasteiger partial charge in [-0.25, -0.2) is 0 Å². The number of rotatable bonds is 9. The summed E-state index contributed by atoms with van der Waals surface area (Å²) in [5, 5.41) is 0.393. The highest BCUT2D eigenvalue weighted by Gasteiger charge is 2.40. The maximum atomic E-state index is 10.8. The van der Waals surface area contributed by atoms with Gasteiger partial charge in [-0.05, 0) is 62.1 Å². The van der Waals surface area contributed by atoms with Crippen molar-refractivity contribution in [1.29, 1.82) is 0 Å². The van der Waals surface area contributed by atoms with Gasteiger partial charge in [-0.15, -0.1) is 0 Å². The number of carbonyl (C=O) groups excluding carboxylic acids is 1. The lowest BCUT2D eigenvalue weighted by atomic mass is 10.1. The summed E-state index contributed by atoms with van der Waals surface area (Å²) in [6, 6.07) is 0. The zero-order valence-electron chi connectivity index (χ0n) is 18.6. The second-order valence-corrected chi connectivity index (χ2v) is 19.8. The van der Waals surface area contributed by atoms with Crippen molar-refractivity contribution in [3.8, 4) is 0 Å². The third-order valence-corrected chi connectivity index (χ3v) is 15.0. The Morgan fingerprint density at radius 3 is 1.84 bits per heavy atom. The SMILES string of the molecule is C/C(=C\C=O)C[C@@H](CCO[Si](C)(C)C(C)(C)C)O[Si](C)(C)C(C)(C)C.